The van der Waals surface area contributed by atoms with Crippen LogP contribution in [-0.2, 0) is 17.6 Å². The van der Waals surface area contributed by atoms with Crippen LogP contribution in [0, 0.1) is 11.8 Å². The maximum absolute atomic E-state index is 11.4. The molecule has 2 aromatic heterocycles. The summed E-state index contributed by atoms with van der Waals surface area (Å²) in [6.07, 6.45) is 6.74. The van der Waals surface area contributed by atoms with Crippen LogP contribution in [0.3, 0.4) is 0 Å². The molecular weight excluding hydrogens is 310 g/mol. The SMILES string of the molecule is CC1CCc2c(sc3ncnc(N4CCCC(C(=O)O)C4)c23)C1. The third kappa shape index (κ3) is 2.59. The van der Waals surface area contributed by atoms with Gasteiger partial charge in [-0.05, 0) is 43.6 Å². The van der Waals surface area contributed by atoms with E-state index in [1.807, 2.05) is 0 Å². The molecule has 2 aromatic rings. The summed E-state index contributed by atoms with van der Waals surface area (Å²) >= 11 is 1.79. The third-order valence-corrected chi connectivity index (χ3v) is 6.30. The number of carbonyl (C=O) groups is 1. The minimum absolute atomic E-state index is 0.289. The second-order valence-corrected chi connectivity index (χ2v) is 7.94. The lowest BCUT2D eigenvalue weighted by Gasteiger charge is -2.32. The van der Waals surface area contributed by atoms with Crippen LogP contribution in [0.25, 0.3) is 10.2 Å². The molecular formula is C17H21N3O2S. The maximum atomic E-state index is 11.4. The first-order valence-corrected chi connectivity index (χ1v) is 9.18. The first-order valence-electron chi connectivity index (χ1n) is 8.36. The van der Waals surface area contributed by atoms with Crippen molar-refractivity contribution in [1.82, 2.24) is 9.97 Å². The number of piperidine rings is 1. The Morgan fingerprint density at radius 2 is 2.26 bits per heavy atom. The first-order chi connectivity index (χ1) is 11.1. The van der Waals surface area contributed by atoms with Gasteiger partial charge in [0.25, 0.3) is 0 Å². The molecule has 0 aromatic carbocycles. The molecule has 122 valence electrons. The van der Waals surface area contributed by atoms with Crippen molar-refractivity contribution in [1.29, 1.82) is 0 Å². The van der Waals surface area contributed by atoms with Crippen molar-refractivity contribution in [2.45, 2.75) is 39.0 Å². The third-order valence-electron chi connectivity index (χ3n) is 5.14. The molecule has 5 nitrogen and oxygen atoms in total. The average Bonchev–Trinajstić information content (AvgIpc) is 2.92. The number of aromatic nitrogens is 2. The quantitative estimate of drug-likeness (QED) is 0.916. The molecule has 23 heavy (non-hydrogen) atoms. The molecule has 0 amide bonds. The summed E-state index contributed by atoms with van der Waals surface area (Å²) in [5.41, 5.74) is 1.41. The van der Waals surface area contributed by atoms with E-state index in [0.29, 0.717) is 6.54 Å². The highest BCUT2D eigenvalue weighted by molar-refractivity contribution is 7.19. The summed E-state index contributed by atoms with van der Waals surface area (Å²) in [7, 11) is 0. The summed E-state index contributed by atoms with van der Waals surface area (Å²) in [5, 5.41) is 10.5. The maximum Gasteiger partial charge on any atom is 0.308 e. The summed E-state index contributed by atoms with van der Waals surface area (Å²) in [6, 6.07) is 0. The molecule has 1 aliphatic heterocycles. The van der Waals surface area contributed by atoms with Crippen molar-refractivity contribution < 1.29 is 9.90 Å². The summed E-state index contributed by atoms with van der Waals surface area (Å²) in [6.45, 7) is 3.75. The van der Waals surface area contributed by atoms with E-state index in [1.54, 1.807) is 17.7 Å². The molecule has 0 spiro atoms. The van der Waals surface area contributed by atoms with E-state index in [0.717, 1.165) is 48.8 Å². The van der Waals surface area contributed by atoms with Crippen molar-refractivity contribution in [2.24, 2.45) is 11.8 Å². The van der Waals surface area contributed by atoms with Gasteiger partial charge in [0.15, 0.2) is 0 Å². The van der Waals surface area contributed by atoms with Gasteiger partial charge in [-0.3, -0.25) is 4.79 Å². The highest BCUT2D eigenvalue weighted by atomic mass is 32.1. The largest absolute Gasteiger partial charge is 0.481 e. The van der Waals surface area contributed by atoms with Gasteiger partial charge >= 0.3 is 5.97 Å². The van der Waals surface area contributed by atoms with Crippen LogP contribution in [0.1, 0.15) is 36.6 Å². The normalized spacial score (nSPS) is 24.7. The van der Waals surface area contributed by atoms with E-state index < -0.39 is 5.97 Å². The Balaban J connectivity index is 1.77. The van der Waals surface area contributed by atoms with Crippen LogP contribution in [0.5, 0.6) is 0 Å². The van der Waals surface area contributed by atoms with Gasteiger partial charge in [-0.25, -0.2) is 9.97 Å². The number of aryl methyl sites for hydroxylation is 1. The van der Waals surface area contributed by atoms with Crippen molar-refractivity contribution in [3.05, 3.63) is 16.8 Å². The highest BCUT2D eigenvalue weighted by Gasteiger charge is 2.29. The van der Waals surface area contributed by atoms with Gasteiger partial charge in [0.1, 0.15) is 17.0 Å². The lowest BCUT2D eigenvalue weighted by atomic mass is 9.89. The number of carboxylic acids is 1. The fourth-order valence-corrected chi connectivity index (χ4v) is 5.21. The zero-order valence-electron chi connectivity index (χ0n) is 13.3. The summed E-state index contributed by atoms with van der Waals surface area (Å²) in [5.74, 6) is 0.704. The topological polar surface area (TPSA) is 66.3 Å². The molecule has 2 aliphatic rings. The van der Waals surface area contributed by atoms with E-state index in [2.05, 4.69) is 21.8 Å². The van der Waals surface area contributed by atoms with Gasteiger partial charge in [-0.15, -0.1) is 11.3 Å². The smallest absolute Gasteiger partial charge is 0.308 e. The Morgan fingerprint density at radius 3 is 3.09 bits per heavy atom. The van der Waals surface area contributed by atoms with Crippen molar-refractivity contribution in [2.75, 3.05) is 18.0 Å². The molecule has 6 heteroatoms. The molecule has 3 heterocycles. The standard InChI is InChI=1S/C17H21N3O2S/c1-10-4-5-12-13(7-10)23-16-14(12)15(18-9-19-16)20-6-2-3-11(8-20)17(21)22/h9-11H,2-8H2,1H3,(H,21,22). The molecule has 2 atom stereocenters. The zero-order chi connectivity index (χ0) is 16.0. The lowest BCUT2D eigenvalue weighted by Crippen LogP contribution is -2.39. The average molecular weight is 331 g/mol. The predicted molar refractivity (Wildman–Crippen MR) is 91.2 cm³/mol. The minimum atomic E-state index is -0.693. The number of aliphatic carboxylic acids is 1. The number of anilines is 1. The highest BCUT2D eigenvalue weighted by Crippen LogP contribution is 2.41. The van der Waals surface area contributed by atoms with Gasteiger partial charge in [0.05, 0.1) is 11.3 Å². The van der Waals surface area contributed by atoms with Crippen LogP contribution in [0.4, 0.5) is 5.82 Å². The van der Waals surface area contributed by atoms with E-state index in [4.69, 9.17) is 0 Å². The number of rotatable bonds is 2. The lowest BCUT2D eigenvalue weighted by molar-refractivity contribution is -0.141. The monoisotopic (exact) mass is 331 g/mol. The molecule has 4 rings (SSSR count). The molecule has 2 unspecified atom stereocenters. The second-order valence-electron chi connectivity index (χ2n) is 6.85. The molecule has 0 bridgehead atoms. The second kappa shape index (κ2) is 5.74. The van der Waals surface area contributed by atoms with Gasteiger partial charge < -0.3 is 10.0 Å². The fraction of sp³-hybridized carbons (Fsp3) is 0.588. The summed E-state index contributed by atoms with van der Waals surface area (Å²) < 4.78 is 0. The molecule has 1 fully saturated rings. The molecule has 1 aliphatic carbocycles. The van der Waals surface area contributed by atoms with Gasteiger partial charge in [-0.1, -0.05) is 6.92 Å². The van der Waals surface area contributed by atoms with Crippen LogP contribution in [-0.4, -0.2) is 34.1 Å². The van der Waals surface area contributed by atoms with Crippen LogP contribution < -0.4 is 4.90 Å². The van der Waals surface area contributed by atoms with E-state index in [1.165, 1.54) is 22.2 Å². The Morgan fingerprint density at radius 1 is 1.39 bits per heavy atom. The van der Waals surface area contributed by atoms with Gasteiger partial charge in [-0.2, -0.15) is 0 Å². The van der Waals surface area contributed by atoms with Crippen LogP contribution in [0.2, 0.25) is 0 Å². The number of carboxylic acid groups (broad SMARTS) is 1. The van der Waals surface area contributed by atoms with Crippen molar-refractivity contribution in [3.8, 4) is 0 Å². The number of thiophene rings is 1. The first kappa shape index (κ1) is 14.9. The number of hydrogen-bond donors (Lipinski definition) is 1. The van der Waals surface area contributed by atoms with E-state index >= 15 is 0 Å². The summed E-state index contributed by atoms with van der Waals surface area (Å²) in [4.78, 5) is 25.1. The number of fused-ring (bicyclic) bond motifs is 3. The van der Waals surface area contributed by atoms with Crippen molar-refractivity contribution in [3.63, 3.8) is 0 Å². The molecule has 0 saturated carbocycles. The molecule has 1 saturated heterocycles. The number of hydrogen-bond acceptors (Lipinski definition) is 5. The predicted octanol–water partition coefficient (Wildman–Crippen LogP) is 3.12. The van der Waals surface area contributed by atoms with E-state index in [9.17, 15) is 9.90 Å². The fourth-order valence-electron chi connectivity index (χ4n) is 3.87. The minimum Gasteiger partial charge on any atom is -0.481 e. The van der Waals surface area contributed by atoms with E-state index in [-0.39, 0.29) is 5.92 Å². The Bertz CT molecular complexity index is 758. The van der Waals surface area contributed by atoms with Gasteiger partial charge in [0.2, 0.25) is 0 Å². The molecule has 0 radical (unpaired) electrons. The van der Waals surface area contributed by atoms with Crippen LogP contribution in [0.15, 0.2) is 6.33 Å². The number of nitrogens with zero attached hydrogens (tertiary/aromatic N) is 3. The molecule has 1 N–H and O–H groups in total. The van der Waals surface area contributed by atoms with Crippen LogP contribution >= 0.6 is 11.3 Å². The Labute approximate surface area is 139 Å². The van der Waals surface area contributed by atoms with Gasteiger partial charge in [0, 0.05) is 18.0 Å². The van der Waals surface area contributed by atoms with Crippen molar-refractivity contribution >= 4 is 33.3 Å². The Hall–Kier alpha value is -1.69. The zero-order valence-corrected chi connectivity index (χ0v) is 14.1. The Kier molecular flexibility index (Phi) is 3.71.